The molecule has 2 aliphatic rings. The first-order chi connectivity index (χ1) is 22.3. The van der Waals surface area contributed by atoms with Crippen LogP contribution >= 0.6 is 0 Å². The van der Waals surface area contributed by atoms with Gasteiger partial charge in [0.25, 0.3) is 0 Å². The Balaban J connectivity index is 1.10. The number of hydrogen-bond donors (Lipinski definition) is 0. The van der Waals surface area contributed by atoms with Gasteiger partial charge in [-0.25, -0.2) is 4.99 Å². The van der Waals surface area contributed by atoms with Crippen molar-refractivity contribution in [2.75, 3.05) is 0 Å². The van der Waals surface area contributed by atoms with Gasteiger partial charge in [-0.15, -0.1) is 0 Å². The standard InChI is InChI=1S/C41H24N2O2/c1-5-14-36-30(10-1)33-23-32(39-38(40(33)44-36)31-11-2-6-15-37(31)45-39)28-19-18-26-20-25(16-17-27(26)21-28)24-8-7-9-29(22-24)41-42-34-12-3-4-13-35(34)43-41/h1-23,34H. The number of rotatable bonds is 3. The summed E-state index contributed by atoms with van der Waals surface area (Å²) in [5.41, 5.74) is 9.95. The molecule has 0 fully saturated rings. The fourth-order valence-electron chi connectivity index (χ4n) is 6.87. The minimum Gasteiger partial charge on any atom is -0.455 e. The van der Waals surface area contributed by atoms with E-state index in [0.29, 0.717) is 0 Å². The van der Waals surface area contributed by atoms with Crippen LogP contribution in [0.25, 0.3) is 76.9 Å². The van der Waals surface area contributed by atoms with Gasteiger partial charge in [0.15, 0.2) is 5.84 Å². The average Bonchev–Trinajstić information content (AvgIpc) is 3.81. The van der Waals surface area contributed by atoms with Crippen LogP contribution < -0.4 is 0 Å². The molecule has 0 radical (unpaired) electrons. The van der Waals surface area contributed by atoms with E-state index in [1.807, 2.05) is 42.5 Å². The van der Waals surface area contributed by atoms with Gasteiger partial charge in [0.2, 0.25) is 0 Å². The molecule has 0 saturated carbocycles. The molecule has 3 heterocycles. The highest BCUT2D eigenvalue weighted by Gasteiger charge is 2.22. The molecule has 4 heteroatoms. The number of furan rings is 2. The van der Waals surface area contributed by atoms with Crippen LogP contribution in [0.4, 0.5) is 0 Å². The van der Waals surface area contributed by atoms with Crippen molar-refractivity contribution in [2.45, 2.75) is 6.04 Å². The Kier molecular flexibility index (Phi) is 5.02. The first-order valence-electron chi connectivity index (χ1n) is 15.2. The van der Waals surface area contributed by atoms with Gasteiger partial charge in [-0.3, -0.25) is 4.99 Å². The fourth-order valence-corrected chi connectivity index (χ4v) is 6.87. The molecule has 1 atom stereocenters. The number of hydrogen-bond acceptors (Lipinski definition) is 4. The highest BCUT2D eigenvalue weighted by molar-refractivity contribution is 6.25. The Bertz CT molecular complexity index is 2660. The molecule has 45 heavy (non-hydrogen) atoms. The average molecular weight is 577 g/mol. The molecule has 4 nitrogen and oxygen atoms in total. The van der Waals surface area contributed by atoms with Crippen molar-refractivity contribution in [1.29, 1.82) is 0 Å². The molecule has 1 aliphatic carbocycles. The van der Waals surface area contributed by atoms with Gasteiger partial charge in [-0.05, 0) is 69.9 Å². The third kappa shape index (κ3) is 3.72. The van der Waals surface area contributed by atoms with Crippen LogP contribution in [0.2, 0.25) is 0 Å². The largest absolute Gasteiger partial charge is 0.455 e. The number of nitrogens with zero attached hydrogens (tertiary/aromatic N) is 2. The zero-order chi connectivity index (χ0) is 29.5. The molecular weight excluding hydrogens is 552 g/mol. The lowest BCUT2D eigenvalue weighted by atomic mass is 9.95. The maximum Gasteiger partial charge on any atom is 0.155 e. The number of aliphatic imine (C=N–C) groups is 2. The quantitative estimate of drug-likeness (QED) is 0.210. The van der Waals surface area contributed by atoms with Crippen molar-refractivity contribution >= 4 is 66.2 Å². The smallest absolute Gasteiger partial charge is 0.155 e. The van der Waals surface area contributed by atoms with Crippen molar-refractivity contribution in [1.82, 2.24) is 0 Å². The third-order valence-electron chi connectivity index (χ3n) is 9.07. The summed E-state index contributed by atoms with van der Waals surface area (Å²) in [6, 6.07) is 40.5. The Labute approximate surface area is 257 Å². The van der Waals surface area contributed by atoms with E-state index < -0.39 is 0 Å². The van der Waals surface area contributed by atoms with E-state index >= 15 is 0 Å². The molecule has 0 bridgehead atoms. The predicted octanol–water partition coefficient (Wildman–Crippen LogP) is 10.7. The third-order valence-corrected chi connectivity index (χ3v) is 9.07. The highest BCUT2D eigenvalue weighted by atomic mass is 16.3. The molecule has 10 rings (SSSR count). The summed E-state index contributed by atoms with van der Waals surface area (Å²) in [6.07, 6.45) is 8.17. The van der Waals surface area contributed by atoms with Gasteiger partial charge in [-0.1, -0.05) is 97.1 Å². The molecule has 2 aromatic heterocycles. The number of benzene rings is 6. The van der Waals surface area contributed by atoms with E-state index in [2.05, 4.69) is 97.1 Å². The Morgan fingerprint density at radius 2 is 1.24 bits per heavy atom. The lowest BCUT2D eigenvalue weighted by Crippen LogP contribution is -2.11. The number of allylic oxidation sites excluding steroid dienone is 2. The summed E-state index contributed by atoms with van der Waals surface area (Å²) in [6.45, 7) is 0. The zero-order valence-corrected chi connectivity index (χ0v) is 24.1. The SMILES string of the molecule is C1=CC2=NC(c3cccc(-c4ccc5cc(-c6cc7c8ccccc8oc7c7c6oc6ccccc67)ccc5c4)c3)=NC2C=C1. The second-order valence-corrected chi connectivity index (χ2v) is 11.7. The van der Waals surface area contributed by atoms with E-state index in [0.717, 1.165) is 83.2 Å². The predicted molar refractivity (Wildman–Crippen MR) is 185 cm³/mol. The van der Waals surface area contributed by atoms with E-state index in [-0.39, 0.29) is 6.04 Å². The van der Waals surface area contributed by atoms with E-state index in [1.165, 1.54) is 10.8 Å². The lowest BCUT2D eigenvalue weighted by molar-refractivity contribution is 0.663. The molecule has 0 N–H and O–H groups in total. The van der Waals surface area contributed by atoms with Crippen molar-refractivity contribution in [3.8, 4) is 22.3 Å². The van der Waals surface area contributed by atoms with Crippen molar-refractivity contribution in [3.63, 3.8) is 0 Å². The van der Waals surface area contributed by atoms with Crippen LogP contribution in [0.3, 0.4) is 0 Å². The summed E-state index contributed by atoms with van der Waals surface area (Å²) in [7, 11) is 0. The Hall–Kier alpha value is -6.00. The van der Waals surface area contributed by atoms with Crippen LogP contribution in [0.1, 0.15) is 5.56 Å². The molecule has 0 saturated heterocycles. The number of para-hydroxylation sites is 2. The van der Waals surface area contributed by atoms with Crippen LogP contribution in [-0.4, -0.2) is 17.6 Å². The summed E-state index contributed by atoms with van der Waals surface area (Å²) < 4.78 is 13.0. The van der Waals surface area contributed by atoms with E-state index in [1.54, 1.807) is 0 Å². The van der Waals surface area contributed by atoms with Gasteiger partial charge in [0.05, 0.1) is 11.1 Å². The second-order valence-electron chi connectivity index (χ2n) is 11.7. The summed E-state index contributed by atoms with van der Waals surface area (Å²) in [5.74, 6) is 0.790. The van der Waals surface area contributed by atoms with Crippen LogP contribution in [0.5, 0.6) is 0 Å². The van der Waals surface area contributed by atoms with E-state index in [4.69, 9.17) is 18.8 Å². The zero-order valence-electron chi connectivity index (χ0n) is 24.1. The summed E-state index contributed by atoms with van der Waals surface area (Å²) in [4.78, 5) is 9.62. The van der Waals surface area contributed by atoms with Crippen LogP contribution in [0.15, 0.2) is 158 Å². The summed E-state index contributed by atoms with van der Waals surface area (Å²) >= 11 is 0. The van der Waals surface area contributed by atoms with E-state index in [9.17, 15) is 0 Å². The molecule has 210 valence electrons. The normalized spacial score (nSPS) is 15.9. The summed E-state index contributed by atoms with van der Waals surface area (Å²) in [5, 5.41) is 6.63. The van der Waals surface area contributed by atoms with Crippen LogP contribution in [-0.2, 0) is 0 Å². The lowest BCUT2D eigenvalue weighted by Gasteiger charge is -2.09. The van der Waals surface area contributed by atoms with Crippen molar-refractivity contribution in [2.24, 2.45) is 9.98 Å². The highest BCUT2D eigenvalue weighted by Crippen LogP contribution is 2.44. The first-order valence-corrected chi connectivity index (χ1v) is 15.2. The minimum atomic E-state index is 0.0252. The molecule has 1 unspecified atom stereocenters. The maximum absolute atomic E-state index is 6.53. The Morgan fingerprint density at radius 1 is 0.533 bits per heavy atom. The topological polar surface area (TPSA) is 51.0 Å². The molecule has 0 spiro atoms. The number of fused-ring (bicyclic) bond motifs is 9. The fraction of sp³-hybridized carbons (Fsp3) is 0.0244. The van der Waals surface area contributed by atoms with Crippen molar-refractivity contribution < 1.29 is 8.83 Å². The van der Waals surface area contributed by atoms with Gasteiger partial charge in [0.1, 0.15) is 28.4 Å². The molecular formula is C41H24N2O2. The first kappa shape index (κ1) is 24.4. The molecule has 1 aliphatic heterocycles. The van der Waals surface area contributed by atoms with Gasteiger partial charge >= 0.3 is 0 Å². The minimum absolute atomic E-state index is 0.0252. The molecule has 0 amide bonds. The Morgan fingerprint density at radius 3 is 2.11 bits per heavy atom. The second kappa shape index (κ2) is 9.25. The van der Waals surface area contributed by atoms with Crippen molar-refractivity contribution in [3.05, 3.63) is 145 Å². The maximum atomic E-state index is 6.53. The van der Waals surface area contributed by atoms with Gasteiger partial charge in [-0.2, -0.15) is 0 Å². The monoisotopic (exact) mass is 576 g/mol. The number of amidine groups is 1. The van der Waals surface area contributed by atoms with Crippen LogP contribution in [0, 0.1) is 0 Å². The van der Waals surface area contributed by atoms with Gasteiger partial charge < -0.3 is 8.83 Å². The molecule has 6 aromatic carbocycles. The molecule has 8 aromatic rings. The van der Waals surface area contributed by atoms with Gasteiger partial charge in [0, 0.05) is 27.3 Å².